The topological polar surface area (TPSA) is 89.7 Å². The molecule has 0 bridgehead atoms. The monoisotopic (exact) mass is 448 g/mol. The average Bonchev–Trinajstić information content (AvgIpc) is 2.87. The molecule has 0 N–H and O–H groups in total. The largest absolute Gasteiger partial charge is 0.497 e. The lowest BCUT2D eigenvalue weighted by molar-refractivity contribution is 0.362. The molecule has 0 saturated heterocycles. The van der Waals surface area contributed by atoms with Crippen molar-refractivity contribution in [1.29, 1.82) is 5.26 Å². The third-order valence-electron chi connectivity index (χ3n) is 5.14. The van der Waals surface area contributed by atoms with Crippen LogP contribution in [0, 0.1) is 11.3 Å². The molecule has 0 aliphatic heterocycles. The summed E-state index contributed by atoms with van der Waals surface area (Å²) >= 11 is 0. The van der Waals surface area contributed by atoms with Crippen molar-refractivity contribution in [3.05, 3.63) is 65.2 Å². The second-order valence-electron chi connectivity index (χ2n) is 7.23. The lowest BCUT2D eigenvalue weighted by Gasteiger charge is -2.25. The first-order valence-electron chi connectivity index (χ1n) is 10.5. The fourth-order valence-electron chi connectivity index (χ4n) is 3.41. The first-order valence-corrected chi connectivity index (χ1v) is 10.5. The Hall–Kier alpha value is -3.99. The molecule has 3 rings (SSSR count). The third-order valence-corrected chi connectivity index (χ3v) is 5.14. The Morgan fingerprint density at radius 3 is 1.55 bits per heavy atom. The molecule has 0 atom stereocenters. The van der Waals surface area contributed by atoms with Crippen LogP contribution in [-0.4, -0.2) is 38.4 Å². The highest BCUT2D eigenvalue weighted by Gasteiger charge is 2.20. The van der Waals surface area contributed by atoms with Crippen LogP contribution in [0.25, 0.3) is 0 Å². The maximum atomic E-state index is 9.00. The molecule has 0 saturated carbocycles. The molecule has 0 unspecified atom stereocenters. The lowest BCUT2D eigenvalue weighted by Crippen LogP contribution is -2.25. The fourth-order valence-corrected chi connectivity index (χ4v) is 3.41. The van der Waals surface area contributed by atoms with Crippen LogP contribution in [0.5, 0.6) is 23.3 Å². The molecule has 33 heavy (non-hydrogen) atoms. The normalized spacial score (nSPS) is 10.3. The molecule has 0 spiro atoms. The number of aromatic nitrogens is 2. The van der Waals surface area contributed by atoms with Gasteiger partial charge in [0.25, 0.3) is 0 Å². The quantitative estimate of drug-likeness (QED) is 0.432. The Labute approximate surface area is 194 Å². The van der Waals surface area contributed by atoms with Gasteiger partial charge in [0.15, 0.2) is 0 Å². The highest BCUT2D eigenvalue weighted by atomic mass is 16.5. The molecule has 0 aliphatic rings. The predicted molar refractivity (Wildman–Crippen MR) is 125 cm³/mol. The van der Waals surface area contributed by atoms with Gasteiger partial charge in [-0.25, -0.2) is 0 Å². The molecular weight excluding hydrogens is 420 g/mol. The summed E-state index contributed by atoms with van der Waals surface area (Å²) in [6, 6.07) is 17.9. The molecule has 0 fully saturated rings. The molecule has 2 aromatic carbocycles. The molecule has 1 heterocycles. The van der Waals surface area contributed by atoms with Crippen molar-refractivity contribution in [1.82, 2.24) is 9.97 Å². The summed E-state index contributed by atoms with van der Waals surface area (Å²) in [5, 5.41) is 9.00. The zero-order valence-corrected chi connectivity index (χ0v) is 19.4. The first kappa shape index (κ1) is 23.7. The molecule has 8 nitrogen and oxygen atoms in total. The minimum Gasteiger partial charge on any atom is -0.497 e. The summed E-state index contributed by atoms with van der Waals surface area (Å²) in [5.41, 5.74) is 2.82. The summed E-state index contributed by atoms with van der Waals surface area (Å²) in [6.45, 7) is 1.11. The third kappa shape index (κ3) is 6.04. The van der Waals surface area contributed by atoms with E-state index in [4.69, 9.17) is 24.2 Å². The molecule has 8 heteroatoms. The van der Waals surface area contributed by atoms with Gasteiger partial charge in [0, 0.05) is 19.5 Å². The first-order chi connectivity index (χ1) is 16.1. The van der Waals surface area contributed by atoms with Crippen LogP contribution in [-0.2, 0) is 19.5 Å². The summed E-state index contributed by atoms with van der Waals surface area (Å²) in [4.78, 5) is 11.4. The second kappa shape index (κ2) is 11.6. The molecule has 172 valence electrons. The minimum absolute atomic E-state index is 0.316. The van der Waals surface area contributed by atoms with Crippen molar-refractivity contribution in [3.8, 4) is 29.3 Å². The summed E-state index contributed by atoms with van der Waals surface area (Å²) < 4.78 is 21.6. The van der Waals surface area contributed by atoms with Gasteiger partial charge >= 0.3 is 0 Å². The van der Waals surface area contributed by atoms with Gasteiger partial charge < -0.3 is 23.8 Å². The Morgan fingerprint density at radius 2 is 1.18 bits per heavy atom. The minimum atomic E-state index is 0.316. The van der Waals surface area contributed by atoms with Crippen LogP contribution in [0.4, 0.5) is 5.95 Å². The van der Waals surface area contributed by atoms with Gasteiger partial charge in [0.1, 0.15) is 11.5 Å². The molecule has 0 amide bonds. The van der Waals surface area contributed by atoms with E-state index in [-0.39, 0.29) is 0 Å². The fraction of sp³-hybridized carbons (Fsp3) is 0.320. The standard InChI is InChI=1S/C25H28N4O4/c1-30-20-11-7-18(8-12-20)16-29(17-19-9-13-21(31-2)14-10-19)25-27-23(32-3)22(6-5-15-26)24(28-25)33-4/h7-14H,5-6,16-17H2,1-4H3. The predicted octanol–water partition coefficient (Wildman–Crippen LogP) is 4.17. The van der Waals surface area contributed by atoms with E-state index in [9.17, 15) is 0 Å². The highest BCUT2D eigenvalue weighted by molar-refractivity contribution is 5.45. The number of rotatable bonds is 11. The molecule has 0 radical (unpaired) electrons. The van der Waals surface area contributed by atoms with Gasteiger partial charge in [-0.3, -0.25) is 0 Å². The van der Waals surface area contributed by atoms with E-state index in [2.05, 4.69) is 16.0 Å². The van der Waals surface area contributed by atoms with Crippen molar-refractivity contribution in [3.63, 3.8) is 0 Å². The highest BCUT2D eigenvalue weighted by Crippen LogP contribution is 2.30. The number of ether oxygens (including phenoxy) is 4. The van der Waals surface area contributed by atoms with E-state index in [0.29, 0.717) is 49.2 Å². The van der Waals surface area contributed by atoms with Crippen molar-refractivity contribution in [2.24, 2.45) is 0 Å². The average molecular weight is 449 g/mol. The number of anilines is 1. The van der Waals surface area contributed by atoms with Crippen molar-refractivity contribution in [2.75, 3.05) is 33.3 Å². The number of nitrogens with zero attached hydrogens (tertiary/aromatic N) is 4. The van der Waals surface area contributed by atoms with E-state index in [1.54, 1.807) is 28.4 Å². The maximum absolute atomic E-state index is 9.00. The van der Waals surface area contributed by atoms with Gasteiger partial charge in [-0.05, 0) is 41.8 Å². The Bertz CT molecular complexity index is 1000. The van der Waals surface area contributed by atoms with Crippen molar-refractivity contribution >= 4 is 5.95 Å². The number of hydrogen-bond donors (Lipinski definition) is 0. The molecule has 0 aliphatic carbocycles. The van der Waals surface area contributed by atoms with E-state index in [1.165, 1.54) is 0 Å². The Kier molecular flexibility index (Phi) is 8.30. The Morgan fingerprint density at radius 1 is 0.727 bits per heavy atom. The zero-order valence-electron chi connectivity index (χ0n) is 19.4. The number of nitriles is 1. The van der Waals surface area contributed by atoms with E-state index in [0.717, 1.165) is 22.6 Å². The van der Waals surface area contributed by atoms with Crippen molar-refractivity contribution in [2.45, 2.75) is 25.9 Å². The smallest absolute Gasteiger partial charge is 0.232 e. The SMILES string of the molecule is COc1ccc(CN(Cc2ccc(OC)cc2)c2nc(OC)c(CCC#N)c(OC)n2)cc1. The van der Waals surface area contributed by atoms with Gasteiger partial charge in [0.05, 0.1) is 40.1 Å². The van der Waals surface area contributed by atoms with Crippen LogP contribution in [0.1, 0.15) is 23.1 Å². The summed E-state index contributed by atoms with van der Waals surface area (Å²) in [5.74, 6) is 2.86. The number of hydrogen-bond acceptors (Lipinski definition) is 8. The zero-order chi connectivity index (χ0) is 23.6. The van der Waals surface area contributed by atoms with Gasteiger partial charge in [-0.1, -0.05) is 24.3 Å². The molecule has 3 aromatic rings. The Balaban J connectivity index is 1.99. The van der Waals surface area contributed by atoms with Crippen LogP contribution >= 0.6 is 0 Å². The van der Waals surface area contributed by atoms with E-state index >= 15 is 0 Å². The van der Waals surface area contributed by atoms with E-state index in [1.807, 2.05) is 53.4 Å². The van der Waals surface area contributed by atoms with Gasteiger partial charge in [-0.2, -0.15) is 15.2 Å². The summed E-state index contributed by atoms with van der Waals surface area (Å²) in [6.07, 6.45) is 0.761. The summed E-state index contributed by atoms with van der Waals surface area (Å²) in [7, 11) is 6.40. The van der Waals surface area contributed by atoms with Crippen LogP contribution in [0.15, 0.2) is 48.5 Å². The molecular formula is C25H28N4O4. The van der Waals surface area contributed by atoms with Crippen LogP contribution in [0.2, 0.25) is 0 Å². The van der Waals surface area contributed by atoms with Crippen molar-refractivity contribution < 1.29 is 18.9 Å². The van der Waals surface area contributed by atoms with Gasteiger partial charge in [0.2, 0.25) is 17.7 Å². The van der Waals surface area contributed by atoms with Crippen LogP contribution in [0.3, 0.4) is 0 Å². The number of methoxy groups -OCH3 is 4. The number of benzene rings is 2. The molecule has 1 aromatic heterocycles. The maximum Gasteiger partial charge on any atom is 0.232 e. The van der Waals surface area contributed by atoms with Gasteiger partial charge in [-0.15, -0.1) is 0 Å². The van der Waals surface area contributed by atoms with E-state index < -0.39 is 0 Å². The lowest BCUT2D eigenvalue weighted by atomic mass is 10.1. The second-order valence-corrected chi connectivity index (χ2v) is 7.23. The van der Waals surface area contributed by atoms with Crippen LogP contribution < -0.4 is 23.8 Å².